The van der Waals surface area contributed by atoms with Crippen molar-refractivity contribution in [3.8, 4) is 0 Å². The first-order valence-corrected chi connectivity index (χ1v) is 8.01. The fourth-order valence-corrected chi connectivity index (χ4v) is 2.67. The van der Waals surface area contributed by atoms with E-state index < -0.39 is 0 Å². The SMILES string of the molecule is Cc1cc(C(=O)N2CCN(CC(=O)Nc3ccc(F)cc3)CC2)on1. The van der Waals surface area contributed by atoms with Gasteiger partial charge in [0.2, 0.25) is 11.7 Å². The molecule has 1 aliphatic rings. The first kappa shape index (κ1) is 17.1. The highest BCUT2D eigenvalue weighted by molar-refractivity contribution is 5.92. The minimum atomic E-state index is -0.347. The molecule has 1 aliphatic heterocycles. The molecule has 1 N–H and O–H groups in total. The number of anilines is 1. The fourth-order valence-electron chi connectivity index (χ4n) is 2.67. The summed E-state index contributed by atoms with van der Waals surface area (Å²) in [6.07, 6.45) is 0. The summed E-state index contributed by atoms with van der Waals surface area (Å²) in [6, 6.07) is 7.24. The van der Waals surface area contributed by atoms with Crippen molar-refractivity contribution in [3.05, 3.63) is 47.6 Å². The summed E-state index contributed by atoms with van der Waals surface area (Å²) in [5, 5.41) is 6.45. The van der Waals surface area contributed by atoms with Crippen LogP contribution >= 0.6 is 0 Å². The molecule has 8 heteroatoms. The third kappa shape index (κ3) is 4.42. The number of carbonyl (C=O) groups is 2. The lowest BCUT2D eigenvalue weighted by molar-refractivity contribution is -0.117. The zero-order chi connectivity index (χ0) is 17.8. The fraction of sp³-hybridized carbons (Fsp3) is 0.353. The molecular weight excluding hydrogens is 327 g/mol. The molecule has 0 aliphatic carbocycles. The van der Waals surface area contributed by atoms with Crippen LogP contribution in [0.4, 0.5) is 10.1 Å². The molecule has 1 aromatic heterocycles. The number of halogens is 1. The van der Waals surface area contributed by atoms with Crippen molar-refractivity contribution in [3.63, 3.8) is 0 Å². The highest BCUT2D eigenvalue weighted by Crippen LogP contribution is 2.11. The summed E-state index contributed by atoms with van der Waals surface area (Å²) in [5.41, 5.74) is 1.22. The molecule has 1 aromatic carbocycles. The number of nitrogens with zero attached hydrogens (tertiary/aromatic N) is 3. The van der Waals surface area contributed by atoms with Crippen LogP contribution in [-0.2, 0) is 4.79 Å². The Hall–Kier alpha value is -2.74. The number of amides is 2. The molecule has 0 unspecified atom stereocenters. The van der Waals surface area contributed by atoms with Gasteiger partial charge in [0.1, 0.15) is 5.82 Å². The number of carbonyl (C=O) groups excluding carboxylic acids is 2. The zero-order valence-corrected chi connectivity index (χ0v) is 13.9. The molecular formula is C17H19FN4O3. The molecule has 2 heterocycles. The molecule has 0 saturated carbocycles. The van der Waals surface area contributed by atoms with E-state index in [1.54, 1.807) is 17.9 Å². The third-order valence-corrected chi connectivity index (χ3v) is 3.99. The highest BCUT2D eigenvalue weighted by Gasteiger charge is 2.25. The molecule has 7 nitrogen and oxygen atoms in total. The Kier molecular flexibility index (Phi) is 5.08. The standard InChI is InChI=1S/C17H19FN4O3/c1-12-10-15(25-20-12)17(24)22-8-6-21(7-9-22)11-16(23)19-14-4-2-13(18)3-5-14/h2-5,10H,6-9,11H2,1H3,(H,19,23). The molecule has 1 fully saturated rings. The van der Waals surface area contributed by atoms with Crippen molar-refractivity contribution < 1.29 is 18.5 Å². The van der Waals surface area contributed by atoms with E-state index in [0.717, 1.165) is 0 Å². The Bertz CT molecular complexity index is 752. The number of aromatic nitrogens is 1. The topological polar surface area (TPSA) is 78.7 Å². The van der Waals surface area contributed by atoms with Crippen molar-refractivity contribution in [1.82, 2.24) is 15.0 Å². The zero-order valence-electron chi connectivity index (χ0n) is 13.9. The summed E-state index contributed by atoms with van der Waals surface area (Å²) in [7, 11) is 0. The normalized spacial score (nSPS) is 15.2. The minimum absolute atomic E-state index is 0.169. The molecule has 0 radical (unpaired) electrons. The third-order valence-electron chi connectivity index (χ3n) is 3.99. The quantitative estimate of drug-likeness (QED) is 0.908. The van der Waals surface area contributed by atoms with Gasteiger partial charge in [-0.2, -0.15) is 0 Å². The van der Waals surface area contributed by atoms with E-state index in [1.165, 1.54) is 24.3 Å². The van der Waals surface area contributed by atoms with Crippen LogP contribution in [0.1, 0.15) is 16.2 Å². The Morgan fingerprint density at radius 1 is 1.20 bits per heavy atom. The van der Waals surface area contributed by atoms with Crippen LogP contribution in [0.25, 0.3) is 0 Å². The van der Waals surface area contributed by atoms with Crippen molar-refractivity contribution in [2.75, 3.05) is 38.0 Å². The largest absolute Gasteiger partial charge is 0.351 e. The van der Waals surface area contributed by atoms with Crippen molar-refractivity contribution in [2.24, 2.45) is 0 Å². The van der Waals surface area contributed by atoms with Gasteiger partial charge in [-0.3, -0.25) is 14.5 Å². The summed E-state index contributed by atoms with van der Waals surface area (Å²) in [4.78, 5) is 28.0. The van der Waals surface area contributed by atoms with Gasteiger partial charge in [0.25, 0.3) is 5.91 Å². The average molecular weight is 346 g/mol. The van der Waals surface area contributed by atoms with Crippen LogP contribution in [0.15, 0.2) is 34.9 Å². The van der Waals surface area contributed by atoms with Crippen LogP contribution in [-0.4, -0.2) is 59.5 Å². The first-order chi connectivity index (χ1) is 12.0. The van der Waals surface area contributed by atoms with Crippen molar-refractivity contribution >= 4 is 17.5 Å². The van der Waals surface area contributed by atoms with Gasteiger partial charge in [0, 0.05) is 37.9 Å². The maximum Gasteiger partial charge on any atom is 0.292 e. The van der Waals surface area contributed by atoms with E-state index >= 15 is 0 Å². The van der Waals surface area contributed by atoms with Gasteiger partial charge in [0.15, 0.2) is 0 Å². The van der Waals surface area contributed by atoms with Crippen LogP contribution < -0.4 is 5.32 Å². The van der Waals surface area contributed by atoms with Crippen LogP contribution in [0.3, 0.4) is 0 Å². The van der Waals surface area contributed by atoms with Gasteiger partial charge in [-0.05, 0) is 31.2 Å². The Morgan fingerprint density at radius 2 is 1.88 bits per heavy atom. The van der Waals surface area contributed by atoms with Crippen LogP contribution in [0, 0.1) is 12.7 Å². The molecule has 1 saturated heterocycles. The van der Waals surface area contributed by atoms with Crippen molar-refractivity contribution in [1.29, 1.82) is 0 Å². The second-order valence-electron chi connectivity index (χ2n) is 5.96. The number of rotatable bonds is 4. The lowest BCUT2D eigenvalue weighted by atomic mass is 10.2. The maximum atomic E-state index is 12.9. The highest BCUT2D eigenvalue weighted by atomic mass is 19.1. The predicted molar refractivity (Wildman–Crippen MR) is 88.6 cm³/mol. The number of piperazine rings is 1. The molecule has 0 spiro atoms. The van der Waals surface area contributed by atoms with E-state index in [9.17, 15) is 14.0 Å². The number of nitrogens with one attached hydrogen (secondary N) is 1. The van der Waals surface area contributed by atoms with Crippen LogP contribution in [0.5, 0.6) is 0 Å². The lowest BCUT2D eigenvalue weighted by Crippen LogP contribution is -2.50. The molecule has 132 valence electrons. The van der Waals surface area contributed by atoms with E-state index in [2.05, 4.69) is 10.5 Å². The number of hydrogen-bond acceptors (Lipinski definition) is 5. The van der Waals surface area contributed by atoms with E-state index in [4.69, 9.17) is 4.52 Å². The van der Waals surface area contributed by atoms with E-state index in [1.807, 2.05) is 4.90 Å². The van der Waals surface area contributed by atoms with Gasteiger partial charge < -0.3 is 14.7 Å². The predicted octanol–water partition coefficient (Wildman–Crippen LogP) is 1.52. The molecule has 0 bridgehead atoms. The molecule has 25 heavy (non-hydrogen) atoms. The molecule has 2 aromatic rings. The monoisotopic (exact) mass is 346 g/mol. The van der Waals surface area contributed by atoms with Gasteiger partial charge in [-0.25, -0.2) is 4.39 Å². The van der Waals surface area contributed by atoms with E-state index in [0.29, 0.717) is 37.6 Å². The smallest absolute Gasteiger partial charge is 0.292 e. The maximum absolute atomic E-state index is 12.9. The molecule has 0 atom stereocenters. The second-order valence-corrected chi connectivity index (χ2v) is 5.96. The van der Waals surface area contributed by atoms with Gasteiger partial charge in [-0.15, -0.1) is 0 Å². The van der Waals surface area contributed by atoms with Crippen molar-refractivity contribution in [2.45, 2.75) is 6.92 Å². The van der Waals surface area contributed by atoms with Gasteiger partial charge in [0.05, 0.1) is 12.2 Å². The average Bonchev–Trinajstić information content (AvgIpc) is 3.03. The van der Waals surface area contributed by atoms with E-state index in [-0.39, 0.29) is 29.9 Å². The summed E-state index contributed by atoms with van der Waals surface area (Å²) >= 11 is 0. The second kappa shape index (κ2) is 7.43. The van der Waals surface area contributed by atoms with Gasteiger partial charge in [-0.1, -0.05) is 5.16 Å². The summed E-state index contributed by atoms with van der Waals surface area (Å²) in [6.45, 7) is 4.20. The lowest BCUT2D eigenvalue weighted by Gasteiger charge is -2.33. The number of benzene rings is 1. The Balaban J connectivity index is 1.46. The first-order valence-electron chi connectivity index (χ1n) is 8.01. The summed E-state index contributed by atoms with van der Waals surface area (Å²) < 4.78 is 17.9. The number of hydrogen-bond donors (Lipinski definition) is 1. The Morgan fingerprint density at radius 3 is 2.48 bits per heavy atom. The number of aryl methyl sites for hydroxylation is 1. The van der Waals surface area contributed by atoms with Crippen LogP contribution in [0.2, 0.25) is 0 Å². The van der Waals surface area contributed by atoms with Gasteiger partial charge >= 0.3 is 0 Å². The Labute approximate surface area is 144 Å². The minimum Gasteiger partial charge on any atom is -0.351 e. The molecule has 3 rings (SSSR count). The summed E-state index contributed by atoms with van der Waals surface area (Å²) in [5.74, 6) is -0.464. The molecule has 2 amide bonds.